The SMILES string of the molecule is Cc1c(Cl)ccc([N+](=O)[O-])c1NCC1CCCC1. The van der Waals surface area contributed by atoms with E-state index in [1.165, 1.54) is 31.7 Å². The monoisotopic (exact) mass is 268 g/mol. The molecule has 4 nitrogen and oxygen atoms in total. The highest BCUT2D eigenvalue weighted by Gasteiger charge is 2.20. The molecule has 2 rings (SSSR count). The highest BCUT2D eigenvalue weighted by atomic mass is 35.5. The Bertz CT molecular complexity index is 457. The average molecular weight is 269 g/mol. The smallest absolute Gasteiger partial charge is 0.292 e. The van der Waals surface area contributed by atoms with E-state index in [1.54, 1.807) is 6.07 Å². The summed E-state index contributed by atoms with van der Waals surface area (Å²) in [4.78, 5) is 10.6. The van der Waals surface area contributed by atoms with Crippen LogP contribution < -0.4 is 5.32 Å². The summed E-state index contributed by atoms with van der Waals surface area (Å²) >= 11 is 6.02. The van der Waals surface area contributed by atoms with Gasteiger partial charge < -0.3 is 5.32 Å². The zero-order valence-corrected chi connectivity index (χ0v) is 11.2. The first-order valence-corrected chi connectivity index (χ1v) is 6.64. The van der Waals surface area contributed by atoms with Gasteiger partial charge in [0, 0.05) is 17.6 Å². The molecule has 5 heteroatoms. The molecule has 0 radical (unpaired) electrons. The van der Waals surface area contributed by atoms with Crippen LogP contribution in [0.4, 0.5) is 11.4 Å². The van der Waals surface area contributed by atoms with Gasteiger partial charge >= 0.3 is 0 Å². The molecule has 0 amide bonds. The first-order valence-electron chi connectivity index (χ1n) is 6.27. The lowest BCUT2D eigenvalue weighted by Gasteiger charge is -2.14. The lowest BCUT2D eigenvalue weighted by Crippen LogP contribution is -2.13. The number of rotatable bonds is 4. The molecule has 0 atom stereocenters. The van der Waals surface area contributed by atoms with E-state index < -0.39 is 0 Å². The summed E-state index contributed by atoms with van der Waals surface area (Å²) in [5.74, 6) is 0.628. The highest BCUT2D eigenvalue weighted by Crippen LogP contribution is 2.34. The lowest BCUT2D eigenvalue weighted by molar-refractivity contribution is -0.384. The van der Waals surface area contributed by atoms with Gasteiger partial charge in [0.2, 0.25) is 0 Å². The molecule has 1 aliphatic rings. The molecule has 1 N–H and O–H groups in total. The molecular formula is C13H17ClN2O2. The number of hydrogen-bond donors (Lipinski definition) is 1. The molecule has 18 heavy (non-hydrogen) atoms. The van der Waals surface area contributed by atoms with Crippen LogP contribution in [0.3, 0.4) is 0 Å². The van der Waals surface area contributed by atoms with Crippen molar-refractivity contribution in [2.75, 3.05) is 11.9 Å². The van der Waals surface area contributed by atoms with E-state index in [-0.39, 0.29) is 10.6 Å². The first-order chi connectivity index (χ1) is 8.59. The van der Waals surface area contributed by atoms with Gasteiger partial charge in [-0.1, -0.05) is 24.4 Å². The second-order valence-electron chi connectivity index (χ2n) is 4.86. The van der Waals surface area contributed by atoms with Crippen molar-refractivity contribution in [3.63, 3.8) is 0 Å². The van der Waals surface area contributed by atoms with Crippen LogP contribution in [0, 0.1) is 23.0 Å². The van der Waals surface area contributed by atoms with Crippen molar-refractivity contribution < 1.29 is 4.92 Å². The van der Waals surface area contributed by atoms with Crippen LogP contribution in [0.1, 0.15) is 31.2 Å². The Morgan fingerprint density at radius 2 is 2.11 bits per heavy atom. The van der Waals surface area contributed by atoms with Gasteiger partial charge in [-0.05, 0) is 37.3 Å². The molecule has 0 spiro atoms. The second-order valence-corrected chi connectivity index (χ2v) is 5.26. The summed E-state index contributed by atoms with van der Waals surface area (Å²) in [6.45, 7) is 2.61. The third-order valence-corrected chi connectivity index (χ3v) is 4.03. The van der Waals surface area contributed by atoms with Gasteiger partial charge in [0.25, 0.3) is 5.69 Å². The van der Waals surface area contributed by atoms with E-state index >= 15 is 0 Å². The minimum Gasteiger partial charge on any atom is -0.379 e. The maximum Gasteiger partial charge on any atom is 0.292 e. The van der Waals surface area contributed by atoms with Gasteiger partial charge in [-0.3, -0.25) is 10.1 Å². The number of nitrogens with zero attached hydrogens (tertiary/aromatic N) is 1. The second kappa shape index (κ2) is 5.57. The number of benzene rings is 1. The standard InChI is InChI=1S/C13H17ClN2O2/c1-9-11(14)6-7-12(16(17)18)13(9)15-8-10-4-2-3-5-10/h6-7,10,15H,2-5,8H2,1H3. The van der Waals surface area contributed by atoms with Crippen molar-refractivity contribution in [2.24, 2.45) is 5.92 Å². The van der Waals surface area contributed by atoms with Crippen LogP contribution in [-0.2, 0) is 0 Å². The van der Waals surface area contributed by atoms with E-state index in [9.17, 15) is 10.1 Å². The fourth-order valence-corrected chi connectivity index (χ4v) is 2.67. The Balaban J connectivity index is 2.18. The van der Waals surface area contributed by atoms with Gasteiger partial charge in [-0.25, -0.2) is 0 Å². The van der Waals surface area contributed by atoms with Crippen LogP contribution in [-0.4, -0.2) is 11.5 Å². The molecule has 0 heterocycles. The predicted octanol–water partition coefficient (Wildman–Crippen LogP) is 4.16. The minimum atomic E-state index is -0.361. The predicted molar refractivity (Wildman–Crippen MR) is 73.3 cm³/mol. The molecule has 1 aliphatic carbocycles. The molecule has 1 aromatic carbocycles. The van der Waals surface area contributed by atoms with Crippen molar-refractivity contribution in [1.29, 1.82) is 0 Å². The Kier molecular flexibility index (Phi) is 4.07. The minimum absolute atomic E-state index is 0.106. The maximum absolute atomic E-state index is 11.0. The molecule has 0 aliphatic heterocycles. The molecule has 1 saturated carbocycles. The summed E-state index contributed by atoms with van der Waals surface area (Å²) in [5.41, 5.74) is 1.43. The Hall–Kier alpha value is -1.29. The van der Waals surface area contributed by atoms with Crippen molar-refractivity contribution in [1.82, 2.24) is 0 Å². The first kappa shape index (κ1) is 13.1. The lowest BCUT2D eigenvalue weighted by atomic mass is 10.1. The molecule has 0 unspecified atom stereocenters. The molecule has 1 fully saturated rings. The Labute approximate surface area is 111 Å². The third-order valence-electron chi connectivity index (χ3n) is 3.62. The van der Waals surface area contributed by atoms with Gasteiger partial charge in [0.15, 0.2) is 0 Å². The van der Waals surface area contributed by atoms with Gasteiger partial charge in [-0.2, -0.15) is 0 Å². The largest absolute Gasteiger partial charge is 0.379 e. The number of anilines is 1. The molecule has 1 aromatic rings. The van der Waals surface area contributed by atoms with Crippen molar-refractivity contribution in [3.05, 3.63) is 32.8 Å². The fraction of sp³-hybridized carbons (Fsp3) is 0.538. The molecule has 0 aromatic heterocycles. The number of halogens is 1. The van der Waals surface area contributed by atoms with E-state index in [4.69, 9.17) is 11.6 Å². The van der Waals surface area contributed by atoms with Crippen molar-refractivity contribution >= 4 is 23.0 Å². The molecular weight excluding hydrogens is 252 g/mol. The summed E-state index contributed by atoms with van der Waals surface area (Å²) < 4.78 is 0. The zero-order valence-electron chi connectivity index (χ0n) is 10.4. The van der Waals surface area contributed by atoms with Gasteiger partial charge in [0.1, 0.15) is 5.69 Å². The van der Waals surface area contributed by atoms with Gasteiger partial charge in [0.05, 0.1) is 4.92 Å². The zero-order chi connectivity index (χ0) is 13.1. The van der Waals surface area contributed by atoms with E-state index in [0.29, 0.717) is 16.6 Å². The van der Waals surface area contributed by atoms with E-state index in [2.05, 4.69) is 5.32 Å². The van der Waals surface area contributed by atoms with E-state index in [0.717, 1.165) is 12.1 Å². The van der Waals surface area contributed by atoms with Gasteiger partial charge in [-0.15, -0.1) is 0 Å². The van der Waals surface area contributed by atoms with Crippen LogP contribution in [0.2, 0.25) is 5.02 Å². The topological polar surface area (TPSA) is 55.2 Å². The number of nitro groups is 1. The number of hydrogen-bond acceptors (Lipinski definition) is 3. The summed E-state index contributed by atoms with van der Waals surface area (Å²) in [5, 5.41) is 14.8. The van der Waals surface area contributed by atoms with Crippen LogP contribution in [0.15, 0.2) is 12.1 Å². The third kappa shape index (κ3) is 2.75. The normalized spacial score (nSPS) is 15.9. The Morgan fingerprint density at radius 1 is 1.44 bits per heavy atom. The van der Waals surface area contributed by atoms with Crippen LogP contribution in [0.5, 0.6) is 0 Å². The molecule has 0 saturated heterocycles. The van der Waals surface area contributed by atoms with Crippen molar-refractivity contribution in [3.8, 4) is 0 Å². The number of nitrogens with one attached hydrogen (secondary N) is 1. The summed E-state index contributed by atoms with van der Waals surface area (Å²) in [7, 11) is 0. The highest BCUT2D eigenvalue weighted by molar-refractivity contribution is 6.31. The maximum atomic E-state index is 11.0. The quantitative estimate of drug-likeness (QED) is 0.659. The fourth-order valence-electron chi connectivity index (χ4n) is 2.51. The number of nitro benzene ring substituents is 1. The molecule has 0 bridgehead atoms. The van der Waals surface area contributed by atoms with Crippen LogP contribution in [0.25, 0.3) is 0 Å². The molecule has 98 valence electrons. The van der Waals surface area contributed by atoms with Crippen LogP contribution >= 0.6 is 11.6 Å². The summed E-state index contributed by atoms with van der Waals surface area (Å²) in [6, 6.07) is 3.04. The summed E-state index contributed by atoms with van der Waals surface area (Å²) in [6.07, 6.45) is 4.95. The van der Waals surface area contributed by atoms with E-state index in [1.807, 2.05) is 6.92 Å². The Morgan fingerprint density at radius 3 is 2.72 bits per heavy atom. The average Bonchev–Trinajstić information content (AvgIpc) is 2.83. The van der Waals surface area contributed by atoms with Crippen molar-refractivity contribution in [2.45, 2.75) is 32.6 Å².